The molecule has 0 spiro atoms. The highest BCUT2D eigenvalue weighted by atomic mass is 32.2. The lowest BCUT2D eigenvalue weighted by atomic mass is 10.1. The van der Waals surface area contributed by atoms with Gasteiger partial charge in [-0.25, -0.2) is 0 Å². The molecule has 29 heavy (non-hydrogen) atoms. The average molecular weight is 427 g/mol. The van der Waals surface area contributed by atoms with Crippen LogP contribution in [0.2, 0.25) is 0 Å². The molecule has 4 rings (SSSR count). The Hall–Kier alpha value is -1.90. The summed E-state index contributed by atoms with van der Waals surface area (Å²) in [4.78, 5) is 28.6. The van der Waals surface area contributed by atoms with Crippen LogP contribution in [-0.2, 0) is 15.8 Å². The van der Waals surface area contributed by atoms with Crippen molar-refractivity contribution in [3.63, 3.8) is 0 Å². The van der Waals surface area contributed by atoms with Gasteiger partial charge < -0.3 is 15.1 Å². The number of benzene rings is 1. The Morgan fingerprint density at radius 3 is 2.66 bits per heavy atom. The SMILES string of the molecule is C[C@]12CCC(=O)N1[C@H](C(=O)Nc1cc(C(F)(F)F)ccc1N1CCCCC1)CS2. The first kappa shape index (κ1) is 20.4. The lowest BCUT2D eigenvalue weighted by Crippen LogP contribution is -2.48. The standard InChI is InChI=1S/C20H24F3N3O2S/c1-19-8-7-17(27)26(19)16(12-29-19)18(28)24-14-11-13(20(21,22)23)5-6-15(14)25-9-3-2-4-10-25/h5-6,11,16H,2-4,7-10,12H2,1H3,(H,24,28)/t16-,19-/m0/s1. The van der Waals surface area contributed by atoms with E-state index in [9.17, 15) is 22.8 Å². The molecule has 3 aliphatic heterocycles. The monoisotopic (exact) mass is 427 g/mol. The van der Waals surface area contributed by atoms with E-state index >= 15 is 0 Å². The number of thioether (sulfide) groups is 1. The molecule has 0 aliphatic carbocycles. The fourth-order valence-electron chi connectivity index (χ4n) is 4.45. The van der Waals surface area contributed by atoms with Crippen molar-refractivity contribution in [2.75, 3.05) is 29.1 Å². The van der Waals surface area contributed by atoms with Crippen LogP contribution in [0.3, 0.4) is 0 Å². The third kappa shape index (κ3) is 3.81. The van der Waals surface area contributed by atoms with Gasteiger partial charge in [-0.15, -0.1) is 11.8 Å². The molecule has 3 saturated heterocycles. The Kier molecular flexibility index (Phi) is 5.21. The lowest BCUT2D eigenvalue weighted by Gasteiger charge is -2.32. The van der Waals surface area contributed by atoms with Crippen molar-refractivity contribution in [1.82, 2.24) is 4.90 Å². The number of anilines is 2. The van der Waals surface area contributed by atoms with Crippen molar-refractivity contribution in [1.29, 1.82) is 0 Å². The van der Waals surface area contributed by atoms with E-state index in [-0.39, 0.29) is 11.6 Å². The van der Waals surface area contributed by atoms with E-state index in [1.54, 1.807) is 16.7 Å². The Balaban J connectivity index is 1.62. The molecular formula is C20H24F3N3O2S. The van der Waals surface area contributed by atoms with Gasteiger partial charge in [-0.3, -0.25) is 9.59 Å². The summed E-state index contributed by atoms with van der Waals surface area (Å²) < 4.78 is 39.8. The largest absolute Gasteiger partial charge is 0.416 e. The van der Waals surface area contributed by atoms with Gasteiger partial charge in [0, 0.05) is 25.3 Å². The van der Waals surface area contributed by atoms with E-state index in [1.165, 1.54) is 6.07 Å². The normalized spacial score (nSPS) is 27.3. The van der Waals surface area contributed by atoms with Crippen LogP contribution in [0.15, 0.2) is 18.2 Å². The molecule has 1 N–H and O–H groups in total. The quantitative estimate of drug-likeness (QED) is 0.790. The summed E-state index contributed by atoms with van der Waals surface area (Å²) in [5.41, 5.74) is -0.0272. The maximum atomic E-state index is 13.3. The first-order valence-electron chi connectivity index (χ1n) is 9.92. The Bertz CT molecular complexity index is 826. The van der Waals surface area contributed by atoms with Crippen LogP contribution in [0.25, 0.3) is 0 Å². The zero-order chi connectivity index (χ0) is 20.8. The first-order valence-corrected chi connectivity index (χ1v) is 10.9. The summed E-state index contributed by atoms with van der Waals surface area (Å²) in [6, 6.07) is 2.85. The minimum atomic E-state index is -4.49. The van der Waals surface area contributed by atoms with Gasteiger partial charge >= 0.3 is 6.18 Å². The second-order valence-electron chi connectivity index (χ2n) is 8.03. The van der Waals surface area contributed by atoms with Gasteiger partial charge in [0.25, 0.3) is 0 Å². The molecule has 1 aromatic rings. The molecule has 0 unspecified atom stereocenters. The number of nitrogens with zero attached hydrogens (tertiary/aromatic N) is 2. The minimum Gasteiger partial charge on any atom is -0.370 e. The Morgan fingerprint density at radius 2 is 1.97 bits per heavy atom. The molecule has 3 heterocycles. The van der Waals surface area contributed by atoms with Crippen LogP contribution in [0, 0.1) is 0 Å². The topological polar surface area (TPSA) is 52.7 Å². The third-order valence-electron chi connectivity index (χ3n) is 6.03. The van der Waals surface area contributed by atoms with Gasteiger partial charge in [-0.2, -0.15) is 13.2 Å². The van der Waals surface area contributed by atoms with Crippen molar-refractivity contribution in [3.8, 4) is 0 Å². The molecule has 0 aromatic heterocycles. The molecule has 5 nitrogen and oxygen atoms in total. The maximum Gasteiger partial charge on any atom is 0.416 e. The molecule has 1 aromatic carbocycles. The van der Waals surface area contributed by atoms with E-state index in [1.807, 2.05) is 11.8 Å². The van der Waals surface area contributed by atoms with Crippen molar-refractivity contribution in [2.24, 2.45) is 0 Å². The van der Waals surface area contributed by atoms with Gasteiger partial charge in [0.1, 0.15) is 6.04 Å². The lowest BCUT2D eigenvalue weighted by molar-refractivity contribution is -0.137. The van der Waals surface area contributed by atoms with Gasteiger partial charge in [0.2, 0.25) is 11.8 Å². The summed E-state index contributed by atoms with van der Waals surface area (Å²) in [5.74, 6) is -0.0430. The maximum absolute atomic E-state index is 13.3. The van der Waals surface area contributed by atoms with E-state index < -0.39 is 28.6 Å². The number of carbonyl (C=O) groups excluding carboxylic acids is 2. The molecule has 2 atom stereocenters. The van der Waals surface area contributed by atoms with Crippen LogP contribution in [0.4, 0.5) is 24.5 Å². The molecule has 0 saturated carbocycles. The fourth-order valence-corrected chi connectivity index (χ4v) is 5.89. The second kappa shape index (κ2) is 7.41. The molecule has 9 heteroatoms. The van der Waals surface area contributed by atoms with Crippen LogP contribution in [-0.4, -0.2) is 46.5 Å². The van der Waals surface area contributed by atoms with Gasteiger partial charge in [0.15, 0.2) is 0 Å². The number of nitrogens with one attached hydrogen (secondary N) is 1. The highest BCUT2D eigenvalue weighted by molar-refractivity contribution is 8.01. The molecular weight excluding hydrogens is 403 g/mol. The Labute approximate surface area is 172 Å². The summed E-state index contributed by atoms with van der Waals surface area (Å²) in [6.07, 6.45) is -0.387. The number of alkyl halides is 3. The number of carbonyl (C=O) groups is 2. The highest BCUT2D eigenvalue weighted by Gasteiger charge is 2.53. The fraction of sp³-hybridized carbons (Fsp3) is 0.600. The van der Waals surface area contributed by atoms with E-state index in [0.717, 1.165) is 44.5 Å². The Morgan fingerprint density at radius 1 is 1.24 bits per heavy atom. The minimum absolute atomic E-state index is 0.0713. The molecule has 0 bridgehead atoms. The number of piperidine rings is 1. The summed E-state index contributed by atoms with van der Waals surface area (Å²) >= 11 is 1.56. The second-order valence-corrected chi connectivity index (χ2v) is 9.53. The van der Waals surface area contributed by atoms with E-state index in [2.05, 4.69) is 5.32 Å². The number of hydrogen-bond donors (Lipinski definition) is 1. The summed E-state index contributed by atoms with van der Waals surface area (Å²) in [6.45, 7) is 3.44. The first-order chi connectivity index (χ1) is 13.7. The number of hydrogen-bond acceptors (Lipinski definition) is 4. The van der Waals surface area contributed by atoms with Crippen LogP contribution in [0.1, 0.15) is 44.6 Å². The van der Waals surface area contributed by atoms with Crippen molar-refractivity contribution in [2.45, 2.75) is 56.1 Å². The van der Waals surface area contributed by atoms with Gasteiger partial charge in [-0.1, -0.05) is 0 Å². The van der Waals surface area contributed by atoms with Crippen molar-refractivity contribution in [3.05, 3.63) is 23.8 Å². The number of halogens is 3. The zero-order valence-corrected chi connectivity index (χ0v) is 17.0. The highest BCUT2D eigenvalue weighted by Crippen LogP contribution is 2.47. The summed E-state index contributed by atoms with van der Waals surface area (Å²) in [7, 11) is 0. The number of rotatable bonds is 3. The predicted molar refractivity (Wildman–Crippen MR) is 107 cm³/mol. The molecule has 158 valence electrons. The van der Waals surface area contributed by atoms with E-state index in [0.29, 0.717) is 24.3 Å². The number of amides is 2. The predicted octanol–water partition coefficient (Wildman–Crippen LogP) is 4.09. The molecule has 0 radical (unpaired) electrons. The van der Waals surface area contributed by atoms with Crippen molar-refractivity contribution < 1.29 is 22.8 Å². The van der Waals surface area contributed by atoms with Gasteiger partial charge in [0.05, 0.1) is 21.8 Å². The van der Waals surface area contributed by atoms with Crippen molar-refractivity contribution >= 4 is 35.0 Å². The number of fused-ring (bicyclic) bond motifs is 1. The van der Waals surface area contributed by atoms with Crippen LogP contribution in [0.5, 0.6) is 0 Å². The molecule has 2 amide bonds. The molecule has 3 fully saturated rings. The third-order valence-corrected chi connectivity index (χ3v) is 7.53. The van der Waals surface area contributed by atoms with Gasteiger partial charge in [-0.05, 0) is 50.8 Å². The van der Waals surface area contributed by atoms with Crippen LogP contribution >= 0.6 is 11.8 Å². The summed E-state index contributed by atoms with van der Waals surface area (Å²) in [5, 5.41) is 2.72. The zero-order valence-electron chi connectivity index (χ0n) is 16.2. The van der Waals surface area contributed by atoms with E-state index in [4.69, 9.17) is 0 Å². The average Bonchev–Trinajstić information content (AvgIpc) is 3.17. The smallest absolute Gasteiger partial charge is 0.370 e. The molecule has 3 aliphatic rings. The van der Waals surface area contributed by atoms with Crippen LogP contribution < -0.4 is 10.2 Å².